The first-order valence-electron chi connectivity index (χ1n) is 12.7. The number of aliphatic hydroxyl groups excluding tert-OH is 1. The number of carbonyl (C=O) groups is 3. The quantitative estimate of drug-likeness (QED) is 0.649. The fourth-order valence-corrected chi connectivity index (χ4v) is 7.49. The monoisotopic (exact) mass is 468 g/mol. The van der Waals surface area contributed by atoms with E-state index in [-0.39, 0.29) is 30.2 Å². The van der Waals surface area contributed by atoms with Gasteiger partial charge >= 0.3 is 5.97 Å². The number of ether oxygens (including phenoxy) is 1. The van der Waals surface area contributed by atoms with Crippen LogP contribution >= 0.6 is 0 Å². The van der Waals surface area contributed by atoms with Crippen molar-refractivity contribution >= 4 is 17.8 Å². The SMILES string of the molecule is CC(OC(=O)[C@@H]1CC(O)CN1C(=O)C12CC3CC(CC(C3)C1)C2)C(=O)N(C)Cc1ccccc1. The van der Waals surface area contributed by atoms with Crippen molar-refractivity contribution < 1.29 is 24.2 Å². The van der Waals surface area contributed by atoms with Gasteiger partial charge in [-0.25, -0.2) is 4.79 Å². The van der Waals surface area contributed by atoms with Crippen molar-refractivity contribution in [1.82, 2.24) is 9.80 Å². The molecule has 0 radical (unpaired) electrons. The molecule has 1 saturated heterocycles. The lowest BCUT2D eigenvalue weighted by molar-refractivity contribution is -0.170. The van der Waals surface area contributed by atoms with Gasteiger partial charge in [0.1, 0.15) is 6.04 Å². The van der Waals surface area contributed by atoms with E-state index in [0.29, 0.717) is 24.3 Å². The van der Waals surface area contributed by atoms with Gasteiger partial charge in [0, 0.05) is 26.6 Å². The maximum Gasteiger partial charge on any atom is 0.329 e. The van der Waals surface area contributed by atoms with E-state index in [1.807, 2.05) is 30.3 Å². The highest BCUT2D eigenvalue weighted by molar-refractivity contribution is 5.90. The largest absolute Gasteiger partial charge is 0.451 e. The summed E-state index contributed by atoms with van der Waals surface area (Å²) < 4.78 is 5.57. The van der Waals surface area contributed by atoms with Gasteiger partial charge in [-0.1, -0.05) is 30.3 Å². The summed E-state index contributed by atoms with van der Waals surface area (Å²) in [5.41, 5.74) is 0.609. The van der Waals surface area contributed by atoms with Crippen LogP contribution in [0.15, 0.2) is 30.3 Å². The normalized spacial score (nSPS) is 34.7. The van der Waals surface area contributed by atoms with E-state index in [9.17, 15) is 19.5 Å². The van der Waals surface area contributed by atoms with Gasteiger partial charge in [-0.05, 0) is 68.8 Å². The van der Waals surface area contributed by atoms with Gasteiger partial charge < -0.3 is 19.6 Å². The lowest BCUT2D eigenvalue weighted by atomic mass is 9.49. The topological polar surface area (TPSA) is 87.1 Å². The first-order valence-corrected chi connectivity index (χ1v) is 12.7. The van der Waals surface area contributed by atoms with Gasteiger partial charge in [0.15, 0.2) is 6.10 Å². The van der Waals surface area contributed by atoms with E-state index in [1.54, 1.807) is 18.9 Å². The molecule has 0 spiro atoms. The molecule has 4 bridgehead atoms. The Kier molecular flexibility index (Phi) is 6.17. The van der Waals surface area contributed by atoms with Crippen LogP contribution in [0.1, 0.15) is 57.4 Å². The van der Waals surface area contributed by atoms with Crippen LogP contribution in [0.5, 0.6) is 0 Å². The molecular formula is C27H36N2O5. The second-order valence-corrected chi connectivity index (χ2v) is 11.3. The summed E-state index contributed by atoms with van der Waals surface area (Å²) in [6.45, 7) is 2.15. The van der Waals surface area contributed by atoms with Crippen LogP contribution in [0.25, 0.3) is 0 Å². The number of nitrogens with zero attached hydrogens (tertiary/aromatic N) is 2. The highest BCUT2D eigenvalue weighted by Crippen LogP contribution is 2.60. The molecule has 7 heteroatoms. The number of benzene rings is 1. The average molecular weight is 469 g/mol. The van der Waals surface area contributed by atoms with E-state index in [4.69, 9.17) is 4.74 Å². The van der Waals surface area contributed by atoms with E-state index >= 15 is 0 Å². The van der Waals surface area contributed by atoms with Crippen molar-refractivity contribution in [1.29, 1.82) is 0 Å². The summed E-state index contributed by atoms with van der Waals surface area (Å²) >= 11 is 0. The molecule has 1 heterocycles. The second-order valence-electron chi connectivity index (χ2n) is 11.3. The number of hydrogen-bond acceptors (Lipinski definition) is 5. The summed E-state index contributed by atoms with van der Waals surface area (Å²) in [6, 6.07) is 8.80. The van der Waals surface area contributed by atoms with Crippen molar-refractivity contribution in [3.63, 3.8) is 0 Å². The van der Waals surface area contributed by atoms with E-state index in [0.717, 1.165) is 24.8 Å². The fourth-order valence-electron chi connectivity index (χ4n) is 7.49. The number of amides is 2. The van der Waals surface area contributed by atoms with Gasteiger partial charge in [-0.15, -0.1) is 0 Å². The van der Waals surface area contributed by atoms with Gasteiger partial charge in [-0.2, -0.15) is 0 Å². The fraction of sp³-hybridized carbons (Fsp3) is 0.667. The Bertz CT molecular complexity index is 912. The van der Waals surface area contributed by atoms with Crippen LogP contribution in [0.2, 0.25) is 0 Å². The minimum atomic E-state index is -0.963. The number of β-amino-alcohol motifs (C(OH)–C–C–N with tert-alkyl or cyclic N) is 1. The molecule has 2 amide bonds. The average Bonchev–Trinajstić information content (AvgIpc) is 3.19. The van der Waals surface area contributed by atoms with Gasteiger partial charge in [0.25, 0.3) is 5.91 Å². The van der Waals surface area contributed by atoms with Crippen molar-refractivity contribution in [3.05, 3.63) is 35.9 Å². The molecule has 1 N–H and O–H groups in total. The van der Waals surface area contributed by atoms with E-state index in [1.165, 1.54) is 24.2 Å². The second kappa shape index (κ2) is 8.99. The van der Waals surface area contributed by atoms with Crippen LogP contribution in [0, 0.1) is 23.2 Å². The molecule has 5 fully saturated rings. The molecule has 7 nitrogen and oxygen atoms in total. The Morgan fingerprint density at radius 3 is 2.24 bits per heavy atom. The summed E-state index contributed by atoms with van der Waals surface area (Å²) in [5.74, 6) is 0.978. The zero-order chi connectivity index (χ0) is 24.0. The van der Waals surface area contributed by atoms with Crippen molar-refractivity contribution in [2.75, 3.05) is 13.6 Å². The van der Waals surface area contributed by atoms with Gasteiger partial charge in [-0.3, -0.25) is 9.59 Å². The van der Waals surface area contributed by atoms with Gasteiger partial charge in [0.05, 0.1) is 11.5 Å². The molecule has 1 aromatic carbocycles. The number of aliphatic hydroxyl groups is 1. The smallest absolute Gasteiger partial charge is 0.329 e. The van der Waals surface area contributed by atoms with Crippen molar-refractivity contribution in [3.8, 4) is 0 Å². The van der Waals surface area contributed by atoms with Gasteiger partial charge in [0.2, 0.25) is 5.91 Å². The first-order chi connectivity index (χ1) is 16.2. The molecule has 1 aliphatic heterocycles. The van der Waals surface area contributed by atoms with Crippen molar-refractivity contribution in [2.24, 2.45) is 23.2 Å². The molecule has 2 unspecified atom stereocenters. The molecule has 0 aromatic heterocycles. The predicted octanol–water partition coefficient (Wildman–Crippen LogP) is 2.75. The minimum Gasteiger partial charge on any atom is -0.451 e. The van der Waals surface area contributed by atoms with Crippen LogP contribution in [0.3, 0.4) is 0 Å². The zero-order valence-corrected chi connectivity index (χ0v) is 20.2. The maximum atomic E-state index is 13.8. The molecule has 5 aliphatic rings. The molecular weight excluding hydrogens is 432 g/mol. The lowest BCUT2D eigenvalue weighted by Gasteiger charge is -2.56. The van der Waals surface area contributed by atoms with E-state index in [2.05, 4.69) is 0 Å². The van der Waals surface area contributed by atoms with Crippen molar-refractivity contribution in [2.45, 2.75) is 76.7 Å². The molecule has 4 saturated carbocycles. The number of esters is 1. The summed E-state index contributed by atoms with van der Waals surface area (Å²) in [6.07, 6.45) is 4.88. The van der Waals surface area contributed by atoms with Crippen LogP contribution in [0.4, 0.5) is 0 Å². The Morgan fingerprint density at radius 1 is 1.06 bits per heavy atom. The van der Waals surface area contributed by atoms with Crippen LogP contribution in [-0.4, -0.2) is 64.5 Å². The lowest BCUT2D eigenvalue weighted by Crippen LogP contribution is -2.56. The molecule has 184 valence electrons. The van der Waals surface area contributed by atoms with E-state index < -0.39 is 24.2 Å². The van der Waals surface area contributed by atoms with Crippen LogP contribution in [-0.2, 0) is 25.7 Å². The predicted molar refractivity (Wildman–Crippen MR) is 125 cm³/mol. The zero-order valence-electron chi connectivity index (χ0n) is 20.2. The Hall–Kier alpha value is -2.41. The first kappa shape index (κ1) is 23.3. The number of likely N-dealkylation sites (N-methyl/N-ethyl adjacent to an activating group) is 1. The number of hydrogen-bond donors (Lipinski definition) is 1. The highest BCUT2D eigenvalue weighted by Gasteiger charge is 2.57. The summed E-state index contributed by atoms with van der Waals surface area (Å²) in [4.78, 5) is 42.9. The maximum absolute atomic E-state index is 13.8. The highest BCUT2D eigenvalue weighted by atomic mass is 16.5. The third kappa shape index (κ3) is 4.35. The third-order valence-electron chi connectivity index (χ3n) is 8.58. The molecule has 3 atom stereocenters. The molecule has 6 rings (SSSR count). The molecule has 34 heavy (non-hydrogen) atoms. The number of rotatable bonds is 6. The number of carbonyl (C=O) groups excluding carboxylic acids is 3. The Balaban J connectivity index is 1.24. The summed E-state index contributed by atoms with van der Waals surface area (Å²) in [5, 5.41) is 10.4. The third-order valence-corrected chi connectivity index (χ3v) is 8.58. The molecule has 1 aromatic rings. The number of likely N-dealkylation sites (tertiary alicyclic amines) is 1. The minimum absolute atomic E-state index is 0.0188. The Labute approximate surface area is 201 Å². The molecule has 4 aliphatic carbocycles. The standard InChI is InChI=1S/C27H36N2O5/c1-17(24(31)28(2)15-18-6-4-3-5-7-18)34-25(32)23-11-22(30)16-29(23)26(33)27-12-19-8-20(13-27)10-21(9-19)14-27/h3-7,17,19-23,30H,8-16H2,1-2H3/t17?,19?,20?,21?,22?,23-,27?/m0/s1. The summed E-state index contributed by atoms with van der Waals surface area (Å²) in [7, 11) is 1.68. The Morgan fingerprint density at radius 2 is 1.65 bits per heavy atom. The van der Waals surface area contributed by atoms with Crippen LogP contribution < -0.4 is 0 Å².